The summed E-state index contributed by atoms with van der Waals surface area (Å²) in [5, 5.41) is 2.60. The van der Waals surface area contributed by atoms with Crippen molar-refractivity contribution in [2.24, 2.45) is 0 Å². The number of carbonyl (C=O) groups excluding carboxylic acids is 4. The zero-order valence-corrected chi connectivity index (χ0v) is 23.4. The Morgan fingerprint density at radius 2 is 1.75 bits per heavy atom. The van der Waals surface area contributed by atoms with Crippen LogP contribution in [0.4, 0.5) is 11.4 Å². The second kappa shape index (κ2) is 12.6. The molecule has 1 saturated heterocycles. The molecule has 1 aliphatic heterocycles. The highest BCUT2D eigenvalue weighted by Crippen LogP contribution is 2.31. The largest absolute Gasteiger partial charge is 0.462 e. The summed E-state index contributed by atoms with van der Waals surface area (Å²) in [6, 6.07) is 10.4. The quantitative estimate of drug-likeness (QED) is 0.261. The van der Waals surface area contributed by atoms with Crippen LogP contribution in [0.5, 0.6) is 0 Å². The van der Waals surface area contributed by atoms with E-state index in [1.54, 1.807) is 6.92 Å². The number of nitrogens with zero attached hydrogens (tertiary/aromatic N) is 2. The first-order valence-electron chi connectivity index (χ1n) is 13.3. The Balaban J connectivity index is 1.63. The molecule has 11 heteroatoms. The normalized spacial score (nSPS) is 17.6. The van der Waals surface area contributed by atoms with Crippen molar-refractivity contribution >= 4 is 45.1 Å². The SMILES string of the molecule is CCOC(=O)c1ccc(N2C(=O)CC(N(CCC3=CCCCC3)S(=O)(=O)c3ccc(NC(C)=O)cc3)C2=O)cc1. The van der Waals surface area contributed by atoms with Crippen LogP contribution in [0, 0.1) is 0 Å². The Labute approximate surface area is 234 Å². The van der Waals surface area contributed by atoms with E-state index in [-0.39, 0.29) is 41.6 Å². The fraction of sp³-hybridized carbons (Fsp3) is 0.379. The number of allylic oxidation sites excluding steroid dienone is 1. The van der Waals surface area contributed by atoms with E-state index in [4.69, 9.17) is 4.74 Å². The standard InChI is InChI=1S/C29H33N3O7S/c1-3-39-29(36)22-9-13-24(14-10-22)32-27(34)19-26(28(32)35)31(18-17-21-7-5-4-6-8-21)40(37,38)25-15-11-23(12-16-25)30-20(2)33/h7,9-16,26H,3-6,8,17-19H2,1-2H3,(H,30,33). The monoisotopic (exact) mass is 567 g/mol. The maximum Gasteiger partial charge on any atom is 0.338 e. The van der Waals surface area contributed by atoms with Gasteiger partial charge in [-0.05, 0) is 87.6 Å². The van der Waals surface area contributed by atoms with Crippen molar-refractivity contribution in [1.29, 1.82) is 0 Å². The summed E-state index contributed by atoms with van der Waals surface area (Å²) >= 11 is 0. The van der Waals surface area contributed by atoms with Crippen molar-refractivity contribution in [1.82, 2.24) is 4.31 Å². The van der Waals surface area contributed by atoms with Crippen LogP contribution in [-0.2, 0) is 29.1 Å². The summed E-state index contributed by atoms with van der Waals surface area (Å²) < 4.78 is 33.9. The highest BCUT2D eigenvalue weighted by Gasteiger charge is 2.46. The van der Waals surface area contributed by atoms with Crippen LogP contribution < -0.4 is 10.2 Å². The molecule has 0 spiro atoms. The summed E-state index contributed by atoms with van der Waals surface area (Å²) in [7, 11) is -4.18. The molecule has 1 atom stereocenters. The molecule has 1 aliphatic carbocycles. The third-order valence-corrected chi connectivity index (χ3v) is 8.85. The summed E-state index contributed by atoms with van der Waals surface area (Å²) in [6.07, 6.45) is 6.19. The van der Waals surface area contributed by atoms with Crippen molar-refractivity contribution in [3.05, 3.63) is 65.7 Å². The van der Waals surface area contributed by atoms with Gasteiger partial charge < -0.3 is 10.1 Å². The van der Waals surface area contributed by atoms with Gasteiger partial charge >= 0.3 is 5.97 Å². The van der Waals surface area contributed by atoms with E-state index in [2.05, 4.69) is 11.4 Å². The average Bonchev–Trinajstić information content (AvgIpc) is 3.22. The molecule has 40 heavy (non-hydrogen) atoms. The number of rotatable bonds is 10. The Morgan fingerprint density at radius 1 is 1.05 bits per heavy atom. The van der Waals surface area contributed by atoms with Gasteiger partial charge in [-0.2, -0.15) is 4.31 Å². The van der Waals surface area contributed by atoms with Gasteiger partial charge in [0.05, 0.1) is 29.2 Å². The fourth-order valence-electron chi connectivity index (χ4n) is 4.95. The van der Waals surface area contributed by atoms with Gasteiger partial charge in [0.25, 0.3) is 5.91 Å². The van der Waals surface area contributed by atoms with Gasteiger partial charge in [0.15, 0.2) is 0 Å². The predicted octanol–water partition coefficient (Wildman–Crippen LogP) is 4.04. The first-order chi connectivity index (χ1) is 19.1. The maximum absolute atomic E-state index is 13.9. The molecule has 10 nitrogen and oxygen atoms in total. The van der Waals surface area contributed by atoms with Crippen molar-refractivity contribution in [3.63, 3.8) is 0 Å². The van der Waals surface area contributed by atoms with Gasteiger partial charge in [-0.25, -0.2) is 18.1 Å². The van der Waals surface area contributed by atoms with E-state index in [1.165, 1.54) is 55.5 Å². The van der Waals surface area contributed by atoms with E-state index in [9.17, 15) is 27.6 Å². The second-order valence-corrected chi connectivity index (χ2v) is 11.6. The molecule has 1 unspecified atom stereocenters. The number of ether oxygens (including phenoxy) is 1. The zero-order chi connectivity index (χ0) is 28.9. The van der Waals surface area contributed by atoms with Crippen molar-refractivity contribution in [3.8, 4) is 0 Å². The molecule has 0 radical (unpaired) electrons. The average molecular weight is 568 g/mol. The van der Waals surface area contributed by atoms with Crippen LogP contribution in [-0.4, -0.2) is 55.6 Å². The van der Waals surface area contributed by atoms with Crippen LogP contribution in [0.1, 0.15) is 62.7 Å². The molecule has 0 saturated carbocycles. The van der Waals surface area contributed by atoms with Gasteiger partial charge in [-0.3, -0.25) is 14.4 Å². The fourth-order valence-corrected chi connectivity index (χ4v) is 6.53. The maximum atomic E-state index is 13.9. The second-order valence-electron chi connectivity index (χ2n) is 9.73. The number of nitrogens with one attached hydrogen (secondary N) is 1. The molecule has 2 aromatic carbocycles. The van der Waals surface area contributed by atoms with Gasteiger partial charge in [-0.1, -0.05) is 11.6 Å². The molecule has 0 bridgehead atoms. The van der Waals surface area contributed by atoms with Crippen LogP contribution >= 0.6 is 0 Å². The number of benzene rings is 2. The number of amides is 3. The van der Waals surface area contributed by atoms with Crippen molar-refractivity contribution in [2.75, 3.05) is 23.4 Å². The highest BCUT2D eigenvalue weighted by molar-refractivity contribution is 7.89. The van der Waals surface area contributed by atoms with Gasteiger partial charge in [0.2, 0.25) is 21.8 Å². The van der Waals surface area contributed by atoms with Gasteiger partial charge in [0, 0.05) is 19.2 Å². The molecule has 4 rings (SSSR count). The van der Waals surface area contributed by atoms with Crippen molar-refractivity contribution < 1.29 is 32.3 Å². The first-order valence-corrected chi connectivity index (χ1v) is 14.8. The third-order valence-electron chi connectivity index (χ3n) is 6.93. The minimum Gasteiger partial charge on any atom is -0.462 e. The minimum absolute atomic E-state index is 0.0426. The molecule has 3 amide bonds. The highest BCUT2D eigenvalue weighted by atomic mass is 32.2. The van der Waals surface area contributed by atoms with E-state index >= 15 is 0 Å². The number of sulfonamides is 1. The lowest BCUT2D eigenvalue weighted by Crippen LogP contribution is -2.46. The Kier molecular flexibility index (Phi) is 9.16. The number of hydrogen-bond donors (Lipinski definition) is 1. The molecule has 2 aliphatic rings. The lowest BCUT2D eigenvalue weighted by molar-refractivity contribution is -0.122. The molecule has 2 aromatic rings. The number of hydrogen-bond acceptors (Lipinski definition) is 7. The number of anilines is 2. The van der Waals surface area contributed by atoms with Gasteiger partial charge in [-0.15, -0.1) is 0 Å². The summed E-state index contributed by atoms with van der Waals surface area (Å²) in [5.41, 5.74) is 2.09. The molecule has 212 valence electrons. The van der Waals surface area contributed by atoms with Crippen LogP contribution in [0.3, 0.4) is 0 Å². The summed E-state index contributed by atoms with van der Waals surface area (Å²) in [4.78, 5) is 51.0. The smallest absolute Gasteiger partial charge is 0.338 e. The Hall–Kier alpha value is -3.83. The minimum atomic E-state index is -4.18. The topological polar surface area (TPSA) is 130 Å². The Morgan fingerprint density at radius 3 is 2.35 bits per heavy atom. The number of imide groups is 1. The van der Waals surface area contributed by atoms with E-state index in [1.807, 2.05) is 0 Å². The lowest BCUT2D eigenvalue weighted by Gasteiger charge is -2.28. The molecular formula is C29H33N3O7S. The number of carbonyl (C=O) groups is 4. The zero-order valence-electron chi connectivity index (χ0n) is 22.6. The Bertz CT molecular complexity index is 1420. The van der Waals surface area contributed by atoms with Crippen LogP contribution in [0.2, 0.25) is 0 Å². The summed E-state index contributed by atoms with van der Waals surface area (Å²) in [5.74, 6) is -1.99. The third kappa shape index (κ3) is 6.48. The molecular weight excluding hydrogens is 534 g/mol. The van der Waals surface area contributed by atoms with Crippen LogP contribution in [0.15, 0.2) is 65.1 Å². The van der Waals surface area contributed by atoms with E-state index in [0.29, 0.717) is 12.1 Å². The van der Waals surface area contributed by atoms with E-state index in [0.717, 1.165) is 40.5 Å². The van der Waals surface area contributed by atoms with Crippen LogP contribution in [0.25, 0.3) is 0 Å². The van der Waals surface area contributed by atoms with Crippen molar-refractivity contribution in [2.45, 2.75) is 63.3 Å². The predicted molar refractivity (Wildman–Crippen MR) is 149 cm³/mol. The van der Waals surface area contributed by atoms with E-state index < -0.39 is 33.8 Å². The molecule has 1 N–H and O–H groups in total. The molecule has 1 fully saturated rings. The van der Waals surface area contributed by atoms with Gasteiger partial charge in [0.1, 0.15) is 6.04 Å². The first kappa shape index (κ1) is 29.2. The lowest BCUT2D eigenvalue weighted by atomic mass is 9.97. The molecule has 1 heterocycles. The number of esters is 1. The summed E-state index contributed by atoms with van der Waals surface area (Å²) in [6.45, 7) is 3.30. The molecule has 0 aromatic heterocycles.